The number of rotatable bonds is 8. The molecule has 1 saturated heterocycles. The lowest BCUT2D eigenvalue weighted by Gasteiger charge is -2.21. The van der Waals surface area contributed by atoms with Crippen molar-refractivity contribution in [2.75, 3.05) is 20.2 Å². The van der Waals surface area contributed by atoms with Gasteiger partial charge in [0.25, 0.3) is 5.91 Å². The largest absolute Gasteiger partial charge is 0.493 e. The molecule has 0 bridgehead atoms. The second kappa shape index (κ2) is 9.74. The third-order valence-corrected chi connectivity index (χ3v) is 7.79. The smallest absolute Gasteiger partial charge is 0.251 e. The number of methoxy groups -OCH3 is 1. The molecule has 4 atom stereocenters. The van der Waals surface area contributed by atoms with Gasteiger partial charge in [0, 0.05) is 25.4 Å². The van der Waals surface area contributed by atoms with Crippen molar-refractivity contribution in [1.82, 2.24) is 4.90 Å². The van der Waals surface area contributed by atoms with Crippen molar-refractivity contribution >= 4 is 5.91 Å². The maximum Gasteiger partial charge on any atom is 0.251 e. The van der Waals surface area contributed by atoms with Crippen molar-refractivity contribution < 1.29 is 19.4 Å². The Morgan fingerprint density at radius 2 is 1.69 bits per heavy atom. The molecule has 1 aliphatic heterocycles. The molecule has 0 aromatic heterocycles. The third kappa shape index (κ3) is 4.78. The summed E-state index contributed by atoms with van der Waals surface area (Å²) in [5.74, 6) is 1.98. The van der Waals surface area contributed by atoms with E-state index in [0.29, 0.717) is 43.5 Å². The lowest BCUT2D eigenvalue weighted by Crippen LogP contribution is -2.39. The van der Waals surface area contributed by atoms with Gasteiger partial charge >= 0.3 is 0 Å². The summed E-state index contributed by atoms with van der Waals surface area (Å²) in [6, 6.07) is 25.9. The molecule has 0 unspecified atom stereocenters. The number of amides is 1. The number of aliphatic hydroxyl groups is 1. The fourth-order valence-electron chi connectivity index (χ4n) is 5.65. The number of ether oxygens (including phenoxy) is 2. The highest BCUT2D eigenvalue weighted by Crippen LogP contribution is 2.64. The summed E-state index contributed by atoms with van der Waals surface area (Å²) >= 11 is 0. The van der Waals surface area contributed by atoms with Gasteiger partial charge in [0.2, 0.25) is 0 Å². The molecule has 5 nitrogen and oxygen atoms in total. The molecule has 1 N–H and O–H groups in total. The summed E-state index contributed by atoms with van der Waals surface area (Å²) in [6.45, 7) is 4.02. The summed E-state index contributed by atoms with van der Waals surface area (Å²) < 4.78 is 11.7. The van der Waals surface area contributed by atoms with E-state index in [1.165, 1.54) is 0 Å². The van der Waals surface area contributed by atoms with Crippen LogP contribution in [0.25, 0.3) is 0 Å². The summed E-state index contributed by atoms with van der Waals surface area (Å²) in [7, 11) is 1.65. The second-order valence-electron chi connectivity index (χ2n) is 10.00. The molecule has 182 valence electrons. The first-order valence-corrected chi connectivity index (χ1v) is 12.4. The standard InChI is InChI=1S/C30H33NO4/c1-21-17-30(21)20-31(29(33)26(32)15-22-9-5-3-6-10-22)18-25(30)24-13-14-27(34-2)28(16-24)35-19-23-11-7-4-8-12-23/h3-14,16,21,25-26,32H,15,17-20H2,1-2H3/t21-,25-,26-,30-/m0/s1. The van der Waals surface area contributed by atoms with E-state index in [9.17, 15) is 9.90 Å². The van der Waals surface area contributed by atoms with E-state index in [-0.39, 0.29) is 17.2 Å². The van der Waals surface area contributed by atoms with Crippen molar-refractivity contribution in [2.24, 2.45) is 11.3 Å². The molecule has 5 heteroatoms. The molecular formula is C30H33NO4. The zero-order chi connectivity index (χ0) is 24.4. The average Bonchev–Trinajstić information content (AvgIpc) is 3.37. The van der Waals surface area contributed by atoms with E-state index in [2.05, 4.69) is 19.1 Å². The molecule has 2 aliphatic rings. The fraction of sp³-hybridized carbons (Fsp3) is 0.367. The Kier molecular flexibility index (Phi) is 6.52. The molecule has 1 aliphatic carbocycles. The van der Waals surface area contributed by atoms with E-state index in [1.54, 1.807) is 7.11 Å². The topological polar surface area (TPSA) is 59.0 Å². The molecule has 3 aromatic rings. The zero-order valence-electron chi connectivity index (χ0n) is 20.4. The number of hydrogen-bond donors (Lipinski definition) is 1. The number of nitrogens with zero attached hydrogens (tertiary/aromatic N) is 1. The SMILES string of the molecule is COc1ccc([C@@H]2CN(C(=O)[C@@H](O)Cc3ccccc3)C[C@]23C[C@@H]3C)cc1OCc1ccccc1. The van der Waals surface area contributed by atoms with E-state index in [0.717, 1.165) is 23.1 Å². The molecular weight excluding hydrogens is 438 g/mol. The molecule has 35 heavy (non-hydrogen) atoms. The normalized spacial score (nSPS) is 23.8. The highest BCUT2D eigenvalue weighted by Gasteiger charge is 2.62. The summed E-state index contributed by atoms with van der Waals surface area (Å²) in [5, 5.41) is 10.7. The lowest BCUT2D eigenvalue weighted by molar-refractivity contribution is -0.139. The van der Waals surface area contributed by atoms with Crippen LogP contribution in [0.1, 0.15) is 36.0 Å². The van der Waals surface area contributed by atoms with Crippen LogP contribution in [0.15, 0.2) is 78.9 Å². The number of carbonyl (C=O) groups excluding carboxylic acids is 1. The molecule has 1 heterocycles. The van der Waals surface area contributed by atoms with Gasteiger partial charge in [-0.1, -0.05) is 73.7 Å². The Bertz CT molecular complexity index is 1170. The first-order chi connectivity index (χ1) is 17.0. The minimum atomic E-state index is -1.03. The van der Waals surface area contributed by atoms with Crippen LogP contribution in [0.5, 0.6) is 11.5 Å². The van der Waals surface area contributed by atoms with Crippen LogP contribution in [0.4, 0.5) is 0 Å². The Morgan fingerprint density at radius 1 is 1.03 bits per heavy atom. The van der Waals surface area contributed by atoms with Gasteiger partial charge in [-0.2, -0.15) is 0 Å². The maximum atomic E-state index is 13.2. The molecule has 0 radical (unpaired) electrons. The van der Waals surface area contributed by atoms with Crippen LogP contribution in [0.2, 0.25) is 0 Å². The molecule has 1 amide bonds. The molecule has 1 spiro atoms. The second-order valence-corrected chi connectivity index (χ2v) is 10.00. The van der Waals surface area contributed by atoms with Crippen LogP contribution in [-0.2, 0) is 17.8 Å². The van der Waals surface area contributed by atoms with Crippen LogP contribution >= 0.6 is 0 Å². The maximum absolute atomic E-state index is 13.2. The minimum absolute atomic E-state index is 0.0629. The van der Waals surface area contributed by atoms with Gasteiger partial charge in [-0.05, 0) is 46.6 Å². The van der Waals surface area contributed by atoms with Crippen LogP contribution < -0.4 is 9.47 Å². The van der Waals surface area contributed by atoms with Crippen molar-refractivity contribution in [2.45, 2.75) is 38.4 Å². The van der Waals surface area contributed by atoms with E-state index in [4.69, 9.17) is 9.47 Å². The zero-order valence-corrected chi connectivity index (χ0v) is 20.4. The Hall–Kier alpha value is -3.31. The van der Waals surface area contributed by atoms with Crippen LogP contribution in [0, 0.1) is 11.3 Å². The predicted molar refractivity (Wildman–Crippen MR) is 135 cm³/mol. The number of carbonyl (C=O) groups is 1. The van der Waals surface area contributed by atoms with E-state index >= 15 is 0 Å². The predicted octanol–water partition coefficient (Wildman–Crippen LogP) is 4.83. The highest BCUT2D eigenvalue weighted by atomic mass is 16.5. The third-order valence-electron chi connectivity index (χ3n) is 7.79. The highest BCUT2D eigenvalue weighted by molar-refractivity contribution is 5.81. The van der Waals surface area contributed by atoms with Crippen LogP contribution in [-0.4, -0.2) is 42.2 Å². The number of aliphatic hydroxyl groups excluding tert-OH is 1. The van der Waals surface area contributed by atoms with Gasteiger partial charge < -0.3 is 19.5 Å². The van der Waals surface area contributed by atoms with Gasteiger partial charge in [0.15, 0.2) is 11.5 Å². The summed E-state index contributed by atoms with van der Waals surface area (Å²) in [6.07, 6.45) is 0.397. The number of likely N-dealkylation sites (tertiary alicyclic amines) is 1. The van der Waals surface area contributed by atoms with Gasteiger partial charge in [0.05, 0.1) is 7.11 Å². The van der Waals surface area contributed by atoms with E-state index < -0.39 is 6.10 Å². The molecule has 5 rings (SSSR count). The van der Waals surface area contributed by atoms with Crippen molar-refractivity contribution in [3.8, 4) is 11.5 Å². The lowest BCUT2D eigenvalue weighted by atomic mass is 9.84. The quantitative estimate of drug-likeness (QED) is 0.511. The first kappa shape index (κ1) is 23.4. The minimum Gasteiger partial charge on any atom is -0.493 e. The Morgan fingerprint density at radius 3 is 2.31 bits per heavy atom. The summed E-state index contributed by atoms with van der Waals surface area (Å²) in [4.78, 5) is 15.1. The van der Waals surface area contributed by atoms with Gasteiger partial charge in [0.1, 0.15) is 12.7 Å². The summed E-state index contributed by atoms with van der Waals surface area (Å²) in [5.41, 5.74) is 3.28. The average molecular weight is 472 g/mol. The van der Waals surface area contributed by atoms with Gasteiger partial charge in [-0.15, -0.1) is 0 Å². The van der Waals surface area contributed by atoms with E-state index in [1.807, 2.05) is 71.6 Å². The molecule has 1 saturated carbocycles. The number of benzene rings is 3. The van der Waals surface area contributed by atoms with Gasteiger partial charge in [-0.3, -0.25) is 4.79 Å². The first-order valence-electron chi connectivity index (χ1n) is 12.4. The van der Waals surface area contributed by atoms with Gasteiger partial charge in [-0.25, -0.2) is 0 Å². The van der Waals surface area contributed by atoms with Crippen molar-refractivity contribution in [1.29, 1.82) is 0 Å². The fourth-order valence-corrected chi connectivity index (χ4v) is 5.65. The molecule has 3 aromatic carbocycles. The van der Waals surface area contributed by atoms with Crippen LogP contribution in [0.3, 0.4) is 0 Å². The van der Waals surface area contributed by atoms with Crippen molar-refractivity contribution in [3.05, 3.63) is 95.6 Å². The Balaban J connectivity index is 1.33. The van der Waals surface area contributed by atoms with Crippen molar-refractivity contribution in [3.63, 3.8) is 0 Å². The molecule has 2 fully saturated rings. The Labute approximate surface area is 207 Å². The number of hydrogen-bond acceptors (Lipinski definition) is 4. The monoisotopic (exact) mass is 471 g/mol.